The molecule has 0 bridgehead atoms. The van der Waals surface area contributed by atoms with Gasteiger partial charge >= 0.3 is 0 Å². The number of amides is 1. The molecule has 156 valence electrons. The highest BCUT2D eigenvalue weighted by atomic mass is 35.5. The molecule has 1 aromatic heterocycles. The summed E-state index contributed by atoms with van der Waals surface area (Å²) in [5.74, 6) is 1.16. The molecule has 1 N–H and O–H groups in total. The molecule has 0 radical (unpaired) electrons. The van der Waals surface area contributed by atoms with E-state index in [0.717, 1.165) is 29.2 Å². The van der Waals surface area contributed by atoms with Gasteiger partial charge in [-0.3, -0.25) is 9.69 Å². The standard InChI is InChI=1S/C24H26ClN3O2/c1-17-21(27-24(30-17)18-8-3-2-4-9-18)15-23(29)26-16-22(28-12-5-6-13-28)19-10-7-11-20(25)14-19/h2-4,7-11,14,22H,5-6,12-13,15-16H2,1H3,(H,26,29). The Labute approximate surface area is 182 Å². The lowest BCUT2D eigenvalue weighted by molar-refractivity contribution is -0.120. The number of nitrogens with zero attached hydrogens (tertiary/aromatic N) is 2. The summed E-state index contributed by atoms with van der Waals surface area (Å²) >= 11 is 6.21. The SMILES string of the molecule is Cc1oc(-c2ccccc2)nc1CC(=O)NCC(c1cccc(Cl)c1)N1CCCC1. The molecule has 30 heavy (non-hydrogen) atoms. The monoisotopic (exact) mass is 423 g/mol. The molecule has 1 aliphatic rings. The van der Waals surface area contributed by atoms with Gasteiger partial charge in [0.2, 0.25) is 11.8 Å². The van der Waals surface area contributed by atoms with E-state index in [1.165, 1.54) is 12.8 Å². The topological polar surface area (TPSA) is 58.4 Å². The molecule has 5 nitrogen and oxygen atoms in total. The fourth-order valence-corrected chi connectivity index (χ4v) is 4.14. The number of hydrogen-bond acceptors (Lipinski definition) is 4. The summed E-state index contributed by atoms with van der Waals surface area (Å²) in [6, 6.07) is 17.7. The first kappa shape index (κ1) is 20.6. The number of oxazole rings is 1. The lowest BCUT2D eigenvalue weighted by atomic mass is 10.1. The summed E-state index contributed by atoms with van der Waals surface area (Å²) in [5, 5.41) is 3.81. The molecular weight excluding hydrogens is 398 g/mol. The van der Waals surface area contributed by atoms with Gasteiger partial charge in [0.25, 0.3) is 0 Å². The fourth-order valence-electron chi connectivity index (χ4n) is 3.95. The minimum absolute atomic E-state index is 0.0581. The molecule has 0 aliphatic carbocycles. The molecule has 1 unspecified atom stereocenters. The normalized spacial score (nSPS) is 15.3. The van der Waals surface area contributed by atoms with Gasteiger partial charge in [0.1, 0.15) is 5.76 Å². The lowest BCUT2D eigenvalue weighted by Crippen LogP contribution is -2.37. The summed E-state index contributed by atoms with van der Waals surface area (Å²) < 4.78 is 5.78. The molecule has 0 spiro atoms. The van der Waals surface area contributed by atoms with Gasteiger partial charge in [0.05, 0.1) is 18.2 Å². The van der Waals surface area contributed by atoms with Crippen LogP contribution in [0.5, 0.6) is 0 Å². The first-order chi connectivity index (χ1) is 14.6. The van der Waals surface area contributed by atoms with Crippen LogP contribution in [0.3, 0.4) is 0 Å². The molecule has 1 saturated heterocycles. The molecule has 4 rings (SSSR count). The average molecular weight is 424 g/mol. The summed E-state index contributed by atoms with van der Waals surface area (Å²) in [7, 11) is 0. The van der Waals surface area contributed by atoms with Crippen LogP contribution in [0.25, 0.3) is 11.5 Å². The van der Waals surface area contributed by atoms with E-state index < -0.39 is 0 Å². The minimum Gasteiger partial charge on any atom is -0.441 e. The van der Waals surface area contributed by atoms with Crippen LogP contribution in [-0.4, -0.2) is 35.4 Å². The van der Waals surface area contributed by atoms with Crippen molar-refractivity contribution in [1.82, 2.24) is 15.2 Å². The Hall–Kier alpha value is -2.63. The molecule has 1 atom stereocenters. The third kappa shape index (κ3) is 4.91. The Morgan fingerprint density at radius 2 is 1.93 bits per heavy atom. The van der Waals surface area contributed by atoms with Crippen molar-refractivity contribution >= 4 is 17.5 Å². The molecule has 1 fully saturated rings. The van der Waals surface area contributed by atoms with Crippen molar-refractivity contribution in [2.45, 2.75) is 32.2 Å². The molecule has 0 saturated carbocycles. The molecule has 3 aromatic rings. The van der Waals surface area contributed by atoms with E-state index in [2.05, 4.69) is 21.3 Å². The van der Waals surface area contributed by atoms with E-state index in [1.54, 1.807) is 0 Å². The number of benzene rings is 2. The van der Waals surface area contributed by atoms with Crippen LogP contribution >= 0.6 is 11.6 Å². The van der Waals surface area contributed by atoms with E-state index in [0.29, 0.717) is 23.9 Å². The molecule has 6 heteroatoms. The van der Waals surface area contributed by atoms with Crippen molar-refractivity contribution in [1.29, 1.82) is 0 Å². The number of likely N-dealkylation sites (tertiary alicyclic amines) is 1. The molecule has 2 aromatic carbocycles. The maximum Gasteiger partial charge on any atom is 0.226 e. The minimum atomic E-state index is -0.0581. The van der Waals surface area contributed by atoms with Gasteiger partial charge in [-0.05, 0) is 62.7 Å². The van der Waals surface area contributed by atoms with Gasteiger partial charge in [0, 0.05) is 17.1 Å². The Morgan fingerprint density at radius 3 is 2.67 bits per heavy atom. The van der Waals surface area contributed by atoms with E-state index in [9.17, 15) is 4.79 Å². The number of rotatable bonds is 7. The number of carbonyl (C=O) groups excluding carboxylic acids is 1. The predicted octanol–water partition coefficient (Wildman–Crippen LogP) is 4.80. The summed E-state index contributed by atoms with van der Waals surface area (Å²) in [5.41, 5.74) is 2.71. The van der Waals surface area contributed by atoms with Crippen LogP contribution < -0.4 is 5.32 Å². The largest absolute Gasteiger partial charge is 0.441 e. The van der Waals surface area contributed by atoms with Crippen LogP contribution in [0, 0.1) is 6.92 Å². The number of carbonyl (C=O) groups is 1. The second-order valence-electron chi connectivity index (χ2n) is 7.68. The van der Waals surface area contributed by atoms with Crippen LogP contribution in [0.2, 0.25) is 5.02 Å². The van der Waals surface area contributed by atoms with Crippen molar-refractivity contribution in [3.8, 4) is 11.5 Å². The van der Waals surface area contributed by atoms with Crippen LogP contribution in [0.4, 0.5) is 0 Å². The highest BCUT2D eigenvalue weighted by molar-refractivity contribution is 6.30. The molecule has 1 amide bonds. The van der Waals surface area contributed by atoms with Gasteiger partial charge < -0.3 is 9.73 Å². The number of nitrogens with one attached hydrogen (secondary N) is 1. The van der Waals surface area contributed by atoms with Crippen LogP contribution in [-0.2, 0) is 11.2 Å². The summed E-state index contributed by atoms with van der Waals surface area (Å²) in [4.78, 5) is 19.6. The number of aromatic nitrogens is 1. The third-order valence-electron chi connectivity index (χ3n) is 5.55. The molecule has 1 aliphatic heterocycles. The zero-order valence-corrected chi connectivity index (χ0v) is 17.9. The fraction of sp³-hybridized carbons (Fsp3) is 0.333. The van der Waals surface area contributed by atoms with Gasteiger partial charge in [-0.2, -0.15) is 0 Å². The smallest absolute Gasteiger partial charge is 0.226 e. The van der Waals surface area contributed by atoms with Gasteiger partial charge in [0.15, 0.2) is 0 Å². The first-order valence-corrected chi connectivity index (χ1v) is 10.8. The van der Waals surface area contributed by atoms with Crippen molar-refractivity contribution in [2.24, 2.45) is 0 Å². The predicted molar refractivity (Wildman–Crippen MR) is 118 cm³/mol. The van der Waals surface area contributed by atoms with E-state index in [1.807, 2.05) is 55.5 Å². The average Bonchev–Trinajstić information content (AvgIpc) is 3.40. The Balaban J connectivity index is 1.42. The van der Waals surface area contributed by atoms with Crippen molar-refractivity contribution < 1.29 is 9.21 Å². The van der Waals surface area contributed by atoms with Gasteiger partial charge in [-0.1, -0.05) is 41.9 Å². The van der Waals surface area contributed by atoms with Crippen molar-refractivity contribution in [3.63, 3.8) is 0 Å². The number of hydrogen-bond donors (Lipinski definition) is 1. The Bertz CT molecular complexity index is 997. The Morgan fingerprint density at radius 1 is 1.17 bits per heavy atom. The van der Waals surface area contributed by atoms with Crippen LogP contribution in [0.1, 0.15) is 35.9 Å². The van der Waals surface area contributed by atoms with E-state index >= 15 is 0 Å². The summed E-state index contributed by atoms with van der Waals surface area (Å²) in [6.07, 6.45) is 2.57. The van der Waals surface area contributed by atoms with Crippen LogP contribution in [0.15, 0.2) is 59.0 Å². The second kappa shape index (κ2) is 9.45. The van der Waals surface area contributed by atoms with E-state index in [-0.39, 0.29) is 18.4 Å². The highest BCUT2D eigenvalue weighted by Gasteiger charge is 2.24. The maximum absolute atomic E-state index is 12.7. The number of aryl methyl sites for hydroxylation is 1. The quantitative estimate of drug-likeness (QED) is 0.593. The second-order valence-corrected chi connectivity index (χ2v) is 8.12. The molecule has 2 heterocycles. The highest BCUT2D eigenvalue weighted by Crippen LogP contribution is 2.27. The number of halogens is 1. The Kier molecular flexibility index (Phi) is 6.50. The molecular formula is C24H26ClN3O2. The lowest BCUT2D eigenvalue weighted by Gasteiger charge is -2.28. The van der Waals surface area contributed by atoms with Crippen molar-refractivity contribution in [3.05, 3.63) is 76.6 Å². The van der Waals surface area contributed by atoms with E-state index in [4.69, 9.17) is 16.0 Å². The summed E-state index contributed by atoms with van der Waals surface area (Å²) in [6.45, 7) is 4.47. The van der Waals surface area contributed by atoms with Crippen molar-refractivity contribution in [2.75, 3.05) is 19.6 Å². The zero-order chi connectivity index (χ0) is 20.9. The first-order valence-electron chi connectivity index (χ1n) is 10.4. The van der Waals surface area contributed by atoms with Gasteiger partial charge in [-0.15, -0.1) is 0 Å². The third-order valence-corrected chi connectivity index (χ3v) is 5.78. The van der Waals surface area contributed by atoms with Gasteiger partial charge in [-0.25, -0.2) is 4.98 Å². The maximum atomic E-state index is 12.7. The zero-order valence-electron chi connectivity index (χ0n) is 17.1.